The van der Waals surface area contributed by atoms with E-state index in [9.17, 15) is 0 Å². The van der Waals surface area contributed by atoms with Crippen LogP contribution in [0.3, 0.4) is 0 Å². The van der Waals surface area contributed by atoms with E-state index in [0.29, 0.717) is 0 Å². The van der Waals surface area contributed by atoms with Crippen LogP contribution in [0.5, 0.6) is 0 Å². The van der Waals surface area contributed by atoms with Crippen LogP contribution in [-0.2, 0) is 0 Å². The summed E-state index contributed by atoms with van der Waals surface area (Å²) in [4.78, 5) is 0. The van der Waals surface area contributed by atoms with E-state index in [1.54, 1.807) is 0 Å². The van der Waals surface area contributed by atoms with Gasteiger partial charge in [-0.05, 0) is 42.5 Å². The second kappa shape index (κ2) is 5.68. The van der Waals surface area contributed by atoms with Crippen molar-refractivity contribution < 1.29 is 0 Å². The lowest BCUT2D eigenvalue weighted by molar-refractivity contribution is 1.10. The first-order valence-corrected chi connectivity index (χ1v) is 6.55. The van der Waals surface area contributed by atoms with Gasteiger partial charge in [-0.15, -0.1) is 0 Å². The molecule has 0 radical (unpaired) electrons. The van der Waals surface area contributed by atoms with Crippen molar-refractivity contribution in [3.8, 4) is 0 Å². The zero-order valence-electron chi connectivity index (χ0n) is 11.4. The molecule has 0 atom stereocenters. The lowest BCUT2D eigenvalue weighted by Gasteiger charge is -2.14. The van der Waals surface area contributed by atoms with Crippen LogP contribution in [0.2, 0.25) is 0 Å². The van der Waals surface area contributed by atoms with Crippen molar-refractivity contribution >= 4 is 5.57 Å². The monoisotopic (exact) mass is 236 g/mol. The molecule has 0 nitrogen and oxygen atoms in total. The van der Waals surface area contributed by atoms with Crippen molar-refractivity contribution in [2.24, 2.45) is 0 Å². The van der Waals surface area contributed by atoms with Gasteiger partial charge in [-0.25, -0.2) is 0 Å². The number of rotatable bonds is 3. The van der Waals surface area contributed by atoms with Gasteiger partial charge in [0.05, 0.1) is 0 Å². The van der Waals surface area contributed by atoms with E-state index in [4.69, 9.17) is 0 Å². The van der Waals surface area contributed by atoms with Gasteiger partial charge in [0.2, 0.25) is 0 Å². The van der Waals surface area contributed by atoms with Crippen molar-refractivity contribution in [2.75, 3.05) is 0 Å². The molecule has 2 aromatic rings. The van der Waals surface area contributed by atoms with Crippen LogP contribution in [0.4, 0.5) is 0 Å². The third-order valence-electron chi connectivity index (χ3n) is 3.43. The van der Waals surface area contributed by atoms with E-state index in [1.165, 1.54) is 27.8 Å². The van der Waals surface area contributed by atoms with Crippen molar-refractivity contribution in [3.05, 3.63) is 76.9 Å². The average molecular weight is 236 g/mol. The van der Waals surface area contributed by atoms with Crippen LogP contribution >= 0.6 is 0 Å². The van der Waals surface area contributed by atoms with Crippen LogP contribution < -0.4 is 0 Å². The van der Waals surface area contributed by atoms with Gasteiger partial charge < -0.3 is 0 Å². The molecule has 0 heteroatoms. The molecule has 0 bridgehead atoms. The Balaban J connectivity index is 2.63. The normalized spacial score (nSPS) is 12.2. The smallest absolute Gasteiger partial charge is 0.0120 e. The Labute approximate surface area is 110 Å². The Morgan fingerprint density at radius 3 is 2.11 bits per heavy atom. The predicted molar refractivity (Wildman–Crippen MR) is 79.6 cm³/mol. The van der Waals surface area contributed by atoms with E-state index in [-0.39, 0.29) is 0 Å². The van der Waals surface area contributed by atoms with Gasteiger partial charge in [-0.3, -0.25) is 0 Å². The molecule has 2 aromatic carbocycles. The third-order valence-corrected chi connectivity index (χ3v) is 3.43. The predicted octanol–water partition coefficient (Wildman–Crippen LogP) is 5.23. The Bertz CT molecular complexity index is 547. The quantitative estimate of drug-likeness (QED) is 0.684. The topological polar surface area (TPSA) is 0 Å². The fourth-order valence-corrected chi connectivity index (χ4v) is 2.27. The lowest BCUT2D eigenvalue weighted by atomic mass is 9.90. The minimum absolute atomic E-state index is 1.08. The van der Waals surface area contributed by atoms with E-state index >= 15 is 0 Å². The van der Waals surface area contributed by atoms with Crippen LogP contribution in [-0.4, -0.2) is 0 Å². The van der Waals surface area contributed by atoms with Gasteiger partial charge >= 0.3 is 0 Å². The molecule has 92 valence electrons. The zero-order valence-corrected chi connectivity index (χ0v) is 11.4. The molecule has 0 aliphatic rings. The molecule has 0 spiro atoms. The van der Waals surface area contributed by atoms with Crippen LogP contribution in [0.25, 0.3) is 5.57 Å². The molecule has 0 aliphatic carbocycles. The zero-order chi connectivity index (χ0) is 13.0. The third kappa shape index (κ3) is 2.53. The van der Waals surface area contributed by atoms with Gasteiger partial charge in [-0.2, -0.15) is 0 Å². The van der Waals surface area contributed by atoms with E-state index in [2.05, 4.69) is 75.4 Å². The molecule has 0 saturated carbocycles. The fourth-order valence-electron chi connectivity index (χ4n) is 2.27. The minimum atomic E-state index is 1.08. The van der Waals surface area contributed by atoms with Gasteiger partial charge in [0.15, 0.2) is 0 Å². The van der Waals surface area contributed by atoms with Gasteiger partial charge in [-0.1, -0.05) is 67.1 Å². The highest BCUT2D eigenvalue weighted by atomic mass is 14.1. The molecule has 0 aromatic heterocycles. The molecule has 0 amide bonds. The molecule has 0 fully saturated rings. The number of hydrogen-bond donors (Lipinski definition) is 0. The second-order valence-electron chi connectivity index (χ2n) is 4.69. The maximum absolute atomic E-state index is 2.23. The first-order chi connectivity index (χ1) is 8.74. The van der Waals surface area contributed by atoms with Crippen LogP contribution in [0.1, 0.15) is 37.0 Å². The number of allylic oxidation sites excluding steroid dienone is 1. The second-order valence-corrected chi connectivity index (χ2v) is 4.69. The van der Waals surface area contributed by atoms with Crippen molar-refractivity contribution in [1.29, 1.82) is 0 Å². The summed E-state index contributed by atoms with van der Waals surface area (Å²) in [6.07, 6.45) is 1.08. The highest BCUT2D eigenvalue weighted by Crippen LogP contribution is 2.30. The van der Waals surface area contributed by atoms with Crippen molar-refractivity contribution in [3.63, 3.8) is 0 Å². The number of benzene rings is 2. The summed E-state index contributed by atoms with van der Waals surface area (Å²) >= 11 is 0. The standard InChI is InChI=1S/C18H20/c1-4-14(2)18(16-11-6-5-7-12-16)17-13-9-8-10-15(17)3/h5-13H,4H2,1-3H3. The van der Waals surface area contributed by atoms with Gasteiger partial charge in [0.1, 0.15) is 0 Å². The number of aryl methyl sites for hydroxylation is 1. The summed E-state index contributed by atoms with van der Waals surface area (Å²) in [5.74, 6) is 0. The van der Waals surface area contributed by atoms with Gasteiger partial charge in [0, 0.05) is 0 Å². The molecule has 18 heavy (non-hydrogen) atoms. The summed E-state index contributed by atoms with van der Waals surface area (Å²) in [7, 11) is 0. The SMILES string of the molecule is CCC(C)=C(c1ccccc1)c1ccccc1C. The maximum Gasteiger partial charge on any atom is -0.0120 e. The first-order valence-electron chi connectivity index (χ1n) is 6.55. The number of hydrogen-bond acceptors (Lipinski definition) is 0. The fraction of sp³-hybridized carbons (Fsp3) is 0.222. The van der Waals surface area contributed by atoms with E-state index in [1.807, 2.05) is 0 Å². The summed E-state index contributed by atoms with van der Waals surface area (Å²) in [6, 6.07) is 19.3. The minimum Gasteiger partial charge on any atom is -0.0651 e. The van der Waals surface area contributed by atoms with Gasteiger partial charge in [0.25, 0.3) is 0 Å². The Morgan fingerprint density at radius 2 is 1.50 bits per heavy atom. The molecule has 0 unspecified atom stereocenters. The molecule has 0 saturated heterocycles. The molecular formula is C18H20. The summed E-state index contributed by atoms with van der Waals surface area (Å²) < 4.78 is 0. The summed E-state index contributed by atoms with van der Waals surface area (Å²) in [5.41, 5.74) is 6.82. The Hall–Kier alpha value is -1.82. The maximum atomic E-state index is 2.23. The molecule has 0 N–H and O–H groups in total. The average Bonchev–Trinajstić information content (AvgIpc) is 2.42. The summed E-state index contributed by atoms with van der Waals surface area (Å²) in [6.45, 7) is 6.63. The highest BCUT2D eigenvalue weighted by molar-refractivity contribution is 5.83. The first kappa shape index (κ1) is 12.6. The summed E-state index contributed by atoms with van der Waals surface area (Å²) in [5, 5.41) is 0. The molecule has 2 rings (SSSR count). The lowest BCUT2D eigenvalue weighted by Crippen LogP contribution is -1.94. The highest BCUT2D eigenvalue weighted by Gasteiger charge is 2.09. The van der Waals surface area contributed by atoms with E-state index in [0.717, 1.165) is 6.42 Å². The molecule has 0 heterocycles. The Kier molecular flexibility index (Phi) is 3.99. The molecule has 0 aliphatic heterocycles. The van der Waals surface area contributed by atoms with Crippen LogP contribution in [0.15, 0.2) is 60.2 Å². The largest absolute Gasteiger partial charge is 0.0651 e. The Morgan fingerprint density at radius 1 is 0.889 bits per heavy atom. The van der Waals surface area contributed by atoms with Crippen molar-refractivity contribution in [2.45, 2.75) is 27.2 Å². The molecular weight excluding hydrogens is 216 g/mol. The van der Waals surface area contributed by atoms with Crippen LogP contribution in [0, 0.1) is 6.92 Å². The van der Waals surface area contributed by atoms with E-state index < -0.39 is 0 Å². The van der Waals surface area contributed by atoms with Crippen molar-refractivity contribution in [1.82, 2.24) is 0 Å².